The summed E-state index contributed by atoms with van der Waals surface area (Å²) in [6.07, 6.45) is -3.18. The van der Waals surface area contributed by atoms with E-state index in [4.69, 9.17) is 4.74 Å². The standard InChI is InChI=1S/C19H25F3N6O.HI/c1-3-23-18(24-11-17-26-25-13-27(17)4-2)28-8-9-29-16(12-28)14-6-5-7-15(10-14)19(20,21)22;/h5-7,10,13,16H,3-4,8-9,11-12H2,1-2H3,(H,23,24);1H. The van der Waals surface area contributed by atoms with Crippen LogP contribution in [0.4, 0.5) is 13.2 Å². The lowest BCUT2D eigenvalue weighted by atomic mass is 10.0. The maximum Gasteiger partial charge on any atom is 0.416 e. The highest BCUT2D eigenvalue weighted by molar-refractivity contribution is 14.0. The summed E-state index contributed by atoms with van der Waals surface area (Å²) in [5.74, 6) is 1.43. The van der Waals surface area contributed by atoms with Crippen LogP contribution in [0.3, 0.4) is 0 Å². The molecule has 1 unspecified atom stereocenters. The minimum atomic E-state index is -4.38. The van der Waals surface area contributed by atoms with E-state index in [0.717, 1.165) is 24.5 Å². The van der Waals surface area contributed by atoms with Gasteiger partial charge < -0.3 is 19.5 Å². The molecule has 1 N–H and O–H groups in total. The van der Waals surface area contributed by atoms with Gasteiger partial charge in [-0.15, -0.1) is 34.2 Å². The van der Waals surface area contributed by atoms with E-state index in [9.17, 15) is 13.2 Å². The normalized spacial score (nSPS) is 17.6. The van der Waals surface area contributed by atoms with Gasteiger partial charge in [-0.1, -0.05) is 12.1 Å². The lowest BCUT2D eigenvalue weighted by Crippen LogP contribution is -2.48. The molecule has 1 saturated heterocycles. The van der Waals surface area contributed by atoms with Gasteiger partial charge in [0, 0.05) is 19.6 Å². The number of halogens is 4. The van der Waals surface area contributed by atoms with E-state index >= 15 is 0 Å². The molecule has 3 rings (SSSR count). The molecule has 2 aromatic rings. The minimum absolute atomic E-state index is 0. The predicted molar refractivity (Wildman–Crippen MR) is 118 cm³/mol. The lowest BCUT2D eigenvalue weighted by Gasteiger charge is -2.35. The number of hydrogen-bond acceptors (Lipinski definition) is 4. The first-order chi connectivity index (χ1) is 13.9. The van der Waals surface area contributed by atoms with Gasteiger partial charge in [-0.05, 0) is 31.5 Å². The van der Waals surface area contributed by atoms with E-state index in [0.29, 0.717) is 44.3 Å². The monoisotopic (exact) mass is 538 g/mol. The summed E-state index contributed by atoms with van der Waals surface area (Å²) >= 11 is 0. The summed E-state index contributed by atoms with van der Waals surface area (Å²) in [5.41, 5.74) is -0.165. The van der Waals surface area contributed by atoms with Crippen molar-refractivity contribution in [3.63, 3.8) is 0 Å². The second-order valence-electron chi connectivity index (χ2n) is 6.63. The van der Waals surface area contributed by atoms with Crippen LogP contribution in [0.1, 0.15) is 36.9 Å². The molecule has 1 fully saturated rings. The fourth-order valence-corrected chi connectivity index (χ4v) is 3.20. The Morgan fingerprint density at radius 2 is 2.13 bits per heavy atom. The van der Waals surface area contributed by atoms with E-state index in [-0.39, 0.29) is 24.0 Å². The van der Waals surface area contributed by atoms with Gasteiger partial charge in [0.1, 0.15) is 19.0 Å². The summed E-state index contributed by atoms with van der Waals surface area (Å²) in [4.78, 5) is 6.65. The van der Waals surface area contributed by atoms with Crippen LogP contribution in [0.15, 0.2) is 35.6 Å². The molecule has 0 bridgehead atoms. The molecular formula is C19H26F3IN6O. The van der Waals surface area contributed by atoms with Crippen molar-refractivity contribution in [2.45, 2.75) is 39.2 Å². The van der Waals surface area contributed by atoms with Crippen molar-refractivity contribution < 1.29 is 17.9 Å². The molecule has 1 aliphatic rings. The molecule has 11 heteroatoms. The van der Waals surface area contributed by atoms with Crippen molar-refractivity contribution in [1.82, 2.24) is 25.0 Å². The first kappa shape index (κ1) is 24.4. The number of aryl methyl sites for hydroxylation is 1. The maximum absolute atomic E-state index is 13.0. The molecule has 0 spiro atoms. The number of nitrogens with zero attached hydrogens (tertiary/aromatic N) is 5. The molecular weight excluding hydrogens is 512 g/mol. The molecule has 7 nitrogen and oxygen atoms in total. The van der Waals surface area contributed by atoms with Crippen LogP contribution >= 0.6 is 24.0 Å². The SMILES string of the molecule is CCNC(=NCc1nncn1CC)N1CCOC(c2cccc(C(F)(F)F)c2)C1.I. The molecule has 30 heavy (non-hydrogen) atoms. The predicted octanol–water partition coefficient (Wildman–Crippen LogP) is 3.47. The Balaban J connectivity index is 0.00000320. The fraction of sp³-hybridized carbons (Fsp3) is 0.526. The van der Waals surface area contributed by atoms with Crippen LogP contribution in [0.5, 0.6) is 0 Å². The maximum atomic E-state index is 13.0. The Morgan fingerprint density at radius 1 is 1.33 bits per heavy atom. The largest absolute Gasteiger partial charge is 0.416 e. The second kappa shape index (κ2) is 10.9. The molecule has 166 valence electrons. The van der Waals surface area contributed by atoms with Crippen LogP contribution in [-0.4, -0.2) is 51.9 Å². The first-order valence-corrected chi connectivity index (χ1v) is 9.61. The van der Waals surface area contributed by atoms with Gasteiger partial charge in [-0.3, -0.25) is 0 Å². The van der Waals surface area contributed by atoms with Crippen molar-refractivity contribution in [2.75, 3.05) is 26.2 Å². The zero-order chi connectivity index (χ0) is 20.9. The van der Waals surface area contributed by atoms with Gasteiger partial charge in [0.15, 0.2) is 11.8 Å². The third kappa shape index (κ3) is 6.06. The van der Waals surface area contributed by atoms with E-state index < -0.39 is 17.8 Å². The Bertz CT molecular complexity index is 842. The average Bonchev–Trinajstić information content (AvgIpc) is 3.18. The number of alkyl halides is 3. The van der Waals surface area contributed by atoms with Crippen LogP contribution in [0, 0.1) is 0 Å². The topological polar surface area (TPSA) is 67.6 Å². The number of guanidine groups is 1. The van der Waals surface area contributed by atoms with Gasteiger partial charge >= 0.3 is 6.18 Å². The number of hydrogen-bond donors (Lipinski definition) is 1. The Morgan fingerprint density at radius 3 is 2.83 bits per heavy atom. The van der Waals surface area contributed by atoms with Crippen molar-refractivity contribution in [3.8, 4) is 0 Å². The van der Waals surface area contributed by atoms with Crippen LogP contribution < -0.4 is 5.32 Å². The Labute approximate surface area is 190 Å². The van der Waals surface area contributed by atoms with E-state index in [1.807, 2.05) is 23.3 Å². The highest BCUT2D eigenvalue weighted by Gasteiger charge is 2.32. The summed E-state index contributed by atoms with van der Waals surface area (Å²) in [6.45, 7) is 7.17. The second-order valence-corrected chi connectivity index (χ2v) is 6.63. The number of rotatable bonds is 5. The molecule has 1 aromatic carbocycles. The zero-order valence-electron chi connectivity index (χ0n) is 16.9. The highest BCUT2D eigenvalue weighted by atomic mass is 127. The smallest absolute Gasteiger partial charge is 0.370 e. The van der Waals surface area contributed by atoms with Crippen LogP contribution in [0.2, 0.25) is 0 Å². The molecule has 0 amide bonds. The van der Waals surface area contributed by atoms with Crippen molar-refractivity contribution in [3.05, 3.63) is 47.5 Å². The minimum Gasteiger partial charge on any atom is -0.370 e. The summed E-state index contributed by atoms with van der Waals surface area (Å²) in [6, 6.07) is 5.30. The number of morpholine rings is 1. The van der Waals surface area contributed by atoms with Gasteiger partial charge in [0.2, 0.25) is 0 Å². The van der Waals surface area contributed by atoms with Crippen molar-refractivity contribution in [1.29, 1.82) is 0 Å². The molecule has 0 aliphatic carbocycles. The number of ether oxygens (including phenoxy) is 1. The average molecular weight is 538 g/mol. The van der Waals surface area contributed by atoms with Gasteiger partial charge in [0.25, 0.3) is 0 Å². The van der Waals surface area contributed by atoms with E-state index in [1.54, 1.807) is 12.4 Å². The van der Waals surface area contributed by atoms with E-state index in [1.165, 1.54) is 6.07 Å². The zero-order valence-corrected chi connectivity index (χ0v) is 19.2. The molecule has 0 radical (unpaired) electrons. The molecule has 1 atom stereocenters. The number of aromatic nitrogens is 3. The molecule has 2 heterocycles. The third-order valence-electron chi connectivity index (χ3n) is 4.69. The molecule has 1 aromatic heterocycles. The van der Waals surface area contributed by atoms with Gasteiger partial charge in [-0.2, -0.15) is 13.2 Å². The third-order valence-corrected chi connectivity index (χ3v) is 4.69. The summed E-state index contributed by atoms with van der Waals surface area (Å²) in [5, 5.41) is 11.2. The fourth-order valence-electron chi connectivity index (χ4n) is 3.20. The highest BCUT2D eigenvalue weighted by Crippen LogP contribution is 2.32. The first-order valence-electron chi connectivity index (χ1n) is 9.61. The summed E-state index contributed by atoms with van der Waals surface area (Å²) < 4.78 is 46.8. The Kier molecular flexibility index (Phi) is 8.89. The van der Waals surface area contributed by atoms with E-state index in [2.05, 4.69) is 20.5 Å². The number of aliphatic imine (C=N–C) groups is 1. The van der Waals surface area contributed by atoms with Gasteiger partial charge in [0.05, 0.1) is 18.7 Å². The number of benzene rings is 1. The van der Waals surface area contributed by atoms with Crippen LogP contribution in [0.25, 0.3) is 0 Å². The quantitative estimate of drug-likeness (QED) is 0.359. The molecule has 1 aliphatic heterocycles. The number of nitrogens with one attached hydrogen (secondary N) is 1. The lowest BCUT2D eigenvalue weighted by molar-refractivity contribution is -0.137. The Hall–Kier alpha value is -1.89. The van der Waals surface area contributed by atoms with Crippen molar-refractivity contribution in [2.24, 2.45) is 4.99 Å². The van der Waals surface area contributed by atoms with Gasteiger partial charge in [-0.25, -0.2) is 4.99 Å². The summed E-state index contributed by atoms with van der Waals surface area (Å²) in [7, 11) is 0. The van der Waals surface area contributed by atoms with Crippen molar-refractivity contribution >= 4 is 29.9 Å². The molecule has 0 saturated carbocycles. The van der Waals surface area contributed by atoms with Crippen LogP contribution in [-0.2, 0) is 24.0 Å².